The molecule has 6 heteroatoms. The lowest BCUT2D eigenvalue weighted by Crippen LogP contribution is -2.36. The first-order valence-corrected chi connectivity index (χ1v) is 8.31. The normalized spacial score (nSPS) is 11.6. The first-order valence-electron chi connectivity index (χ1n) is 8.31. The van der Waals surface area contributed by atoms with Crippen molar-refractivity contribution in [3.05, 3.63) is 59.4 Å². The monoisotopic (exact) mass is 341 g/mol. The summed E-state index contributed by atoms with van der Waals surface area (Å²) in [4.78, 5) is 27.9. The molecule has 0 aliphatic rings. The Morgan fingerprint density at radius 3 is 2.44 bits per heavy atom. The Bertz CT molecular complexity index is 729. The van der Waals surface area contributed by atoms with Crippen LogP contribution in [0.3, 0.4) is 0 Å². The van der Waals surface area contributed by atoms with Gasteiger partial charge in [-0.05, 0) is 36.6 Å². The van der Waals surface area contributed by atoms with Crippen molar-refractivity contribution in [1.29, 1.82) is 0 Å². The van der Waals surface area contributed by atoms with E-state index in [9.17, 15) is 14.7 Å². The summed E-state index contributed by atoms with van der Waals surface area (Å²) in [6.45, 7) is 4.49. The summed E-state index contributed by atoms with van der Waals surface area (Å²) in [6, 6.07) is 10.9. The van der Waals surface area contributed by atoms with Crippen LogP contribution in [-0.4, -0.2) is 35.0 Å². The molecule has 25 heavy (non-hydrogen) atoms. The van der Waals surface area contributed by atoms with Crippen LogP contribution in [0.4, 0.5) is 0 Å². The van der Waals surface area contributed by atoms with Crippen molar-refractivity contribution < 1.29 is 14.7 Å². The highest BCUT2D eigenvalue weighted by Crippen LogP contribution is 2.16. The number of hydrogen-bond donors (Lipinski definition) is 3. The Kier molecular flexibility index (Phi) is 6.51. The van der Waals surface area contributed by atoms with Gasteiger partial charge in [0, 0.05) is 19.3 Å². The van der Waals surface area contributed by atoms with Crippen molar-refractivity contribution >= 4 is 11.8 Å². The number of pyridine rings is 1. The molecule has 6 nitrogen and oxygen atoms in total. The van der Waals surface area contributed by atoms with Gasteiger partial charge in [0.15, 0.2) is 5.69 Å². The van der Waals surface area contributed by atoms with E-state index in [4.69, 9.17) is 0 Å². The smallest absolute Gasteiger partial charge is 0.273 e. The Morgan fingerprint density at radius 1 is 1.12 bits per heavy atom. The van der Waals surface area contributed by atoms with Crippen LogP contribution in [0.15, 0.2) is 42.6 Å². The molecule has 0 fully saturated rings. The van der Waals surface area contributed by atoms with E-state index >= 15 is 0 Å². The minimum absolute atomic E-state index is 0.0294. The summed E-state index contributed by atoms with van der Waals surface area (Å²) in [6.07, 6.45) is 2.40. The van der Waals surface area contributed by atoms with E-state index in [1.165, 1.54) is 17.8 Å². The number of rotatable bonds is 7. The van der Waals surface area contributed by atoms with Gasteiger partial charge >= 0.3 is 0 Å². The van der Waals surface area contributed by atoms with Crippen LogP contribution in [-0.2, 0) is 11.2 Å². The highest BCUT2D eigenvalue weighted by Gasteiger charge is 2.15. The fraction of sp³-hybridized carbons (Fsp3) is 0.316. The van der Waals surface area contributed by atoms with Gasteiger partial charge in [0.2, 0.25) is 5.91 Å². The molecule has 0 unspecified atom stereocenters. The molecule has 0 spiro atoms. The summed E-state index contributed by atoms with van der Waals surface area (Å²) in [5.74, 6) is -1.01. The molecule has 132 valence electrons. The molecule has 3 N–H and O–H groups in total. The lowest BCUT2D eigenvalue weighted by Gasteiger charge is -2.13. The fourth-order valence-corrected chi connectivity index (χ4v) is 2.36. The quantitative estimate of drug-likeness (QED) is 0.672. The molecule has 2 rings (SSSR count). The van der Waals surface area contributed by atoms with Crippen LogP contribution in [0.2, 0.25) is 0 Å². The second-order valence-corrected chi connectivity index (χ2v) is 5.73. The predicted molar refractivity (Wildman–Crippen MR) is 95.5 cm³/mol. The number of aromatic hydroxyl groups is 1. The molecule has 1 aromatic carbocycles. The number of carbonyl (C=O) groups excluding carboxylic acids is 2. The third kappa shape index (κ3) is 5.04. The number of amides is 2. The Labute approximate surface area is 147 Å². The van der Waals surface area contributed by atoms with Crippen molar-refractivity contribution in [2.24, 2.45) is 0 Å². The topological polar surface area (TPSA) is 91.3 Å². The zero-order valence-corrected chi connectivity index (χ0v) is 14.5. The number of hydrogen-bond acceptors (Lipinski definition) is 4. The van der Waals surface area contributed by atoms with E-state index in [1.807, 2.05) is 31.2 Å². The van der Waals surface area contributed by atoms with Gasteiger partial charge in [-0.1, -0.05) is 31.2 Å². The second kappa shape index (κ2) is 8.82. The number of aromatic nitrogens is 1. The SMILES string of the molecule is CCc1ccc([C@H](C)C(=O)NCCNC(=O)c2ncccc2O)cc1. The Balaban J connectivity index is 1.78. The van der Waals surface area contributed by atoms with Crippen LogP contribution < -0.4 is 10.6 Å². The first-order chi connectivity index (χ1) is 12.0. The maximum atomic E-state index is 12.2. The average molecular weight is 341 g/mol. The second-order valence-electron chi connectivity index (χ2n) is 5.73. The van der Waals surface area contributed by atoms with Crippen LogP contribution in [0, 0.1) is 0 Å². The Hall–Kier alpha value is -2.89. The molecular formula is C19H23N3O3. The summed E-state index contributed by atoms with van der Waals surface area (Å²) < 4.78 is 0. The minimum Gasteiger partial charge on any atom is -0.505 e. The molecule has 0 saturated heterocycles. The molecule has 2 amide bonds. The summed E-state index contributed by atoms with van der Waals surface area (Å²) in [5.41, 5.74) is 2.16. The van der Waals surface area contributed by atoms with E-state index in [2.05, 4.69) is 22.5 Å². The van der Waals surface area contributed by atoms with Crippen LogP contribution in [0.25, 0.3) is 0 Å². The zero-order valence-electron chi connectivity index (χ0n) is 14.5. The lowest BCUT2D eigenvalue weighted by molar-refractivity contribution is -0.122. The highest BCUT2D eigenvalue weighted by molar-refractivity contribution is 5.94. The molecule has 0 radical (unpaired) electrons. The molecule has 2 aromatic rings. The maximum absolute atomic E-state index is 12.2. The van der Waals surface area contributed by atoms with E-state index in [0.29, 0.717) is 6.54 Å². The third-order valence-electron chi connectivity index (χ3n) is 3.99. The van der Waals surface area contributed by atoms with Crippen molar-refractivity contribution in [3.63, 3.8) is 0 Å². The molecular weight excluding hydrogens is 318 g/mol. The zero-order chi connectivity index (χ0) is 18.2. The number of nitrogens with one attached hydrogen (secondary N) is 2. The summed E-state index contributed by atoms with van der Waals surface area (Å²) in [5, 5.41) is 15.0. The largest absolute Gasteiger partial charge is 0.505 e. The number of aryl methyl sites for hydroxylation is 1. The van der Waals surface area contributed by atoms with E-state index in [0.717, 1.165) is 12.0 Å². The van der Waals surface area contributed by atoms with Gasteiger partial charge in [0.1, 0.15) is 5.75 Å². The van der Waals surface area contributed by atoms with Gasteiger partial charge in [-0.2, -0.15) is 0 Å². The van der Waals surface area contributed by atoms with Gasteiger partial charge in [0.25, 0.3) is 5.91 Å². The van der Waals surface area contributed by atoms with E-state index < -0.39 is 5.91 Å². The number of benzene rings is 1. The van der Waals surface area contributed by atoms with Crippen LogP contribution in [0.5, 0.6) is 5.75 Å². The molecule has 0 aliphatic heterocycles. The van der Waals surface area contributed by atoms with Crippen molar-refractivity contribution in [2.45, 2.75) is 26.2 Å². The predicted octanol–water partition coefficient (Wildman–Crippen LogP) is 2.00. The van der Waals surface area contributed by atoms with Crippen molar-refractivity contribution in [2.75, 3.05) is 13.1 Å². The standard InChI is InChI=1S/C19H23N3O3/c1-3-14-6-8-15(9-7-14)13(2)18(24)21-11-12-22-19(25)17-16(23)5-4-10-20-17/h4-10,13,23H,3,11-12H2,1-2H3,(H,21,24)(H,22,25)/t13-/m0/s1. The highest BCUT2D eigenvalue weighted by atomic mass is 16.3. The van der Waals surface area contributed by atoms with Gasteiger partial charge in [0.05, 0.1) is 5.92 Å². The fourth-order valence-electron chi connectivity index (χ4n) is 2.36. The lowest BCUT2D eigenvalue weighted by atomic mass is 9.98. The molecule has 1 atom stereocenters. The molecule has 1 aromatic heterocycles. The number of carbonyl (C=O) groups is 2. The van der Waals surface area contributed by atoms with Gasteiger partial charge < -0.3 is 15.7 Å². The van der Waals surface area contributed by atoms with Gasteiger partial charge in [-0.15, -0.1) is 0 Å². The van der Waals surface area contributed by atoms with Crippen molar-refractivity contribution in [1.82, 2.24) is 15.6 Å². The summed E-state index contributed by atoms with van der Waals surface area (Å²) in [7, 11) is 0. The third-order valence-corrected chi connectivity index (χ3v) is 3.99. The van der Waals surface area contributed by atoms with Crippen molar-refractivity contribution in [3.8, 4) is 5.75 Å². The summed E-state index contributed by atoms with van der Waals surface area (Å²) >= 11 is 0. The van der Waals surface area contributed by atoms with E-state index in [-0.39, 0.29) is 29.8 Å². The van der Waals surface area contributed by atoms with Crippen LogP contribution in [0.1, 0.15) is 41.4 Å². The molecule has 0 saturated carbocycles. The van der Waals surface area contributed by atoms with Gasteiger partial charge in [-0.3, -0.25) is 9.59 Å². The first kappa shape index (κ1) is 18.4. The number of nitrogens with zero attached hydrogens (tertiary/aromatic N) is 1. The molecule has 0 aliphatic carbocycles. The maximum Gasteiger partial charge on any atom is 0.273 e. The average Bonchev–Trinajstić information content (AvgIpc) is 2.64. The van der Waals surface area contributed by atoms with E-state index in [1.54, 1.807) is 6.07 Å². The van der Waals surface area contributed by atoms with Gasteiger partial charge in [-0.25, -0.2) is 4.98 Å². The molecule has 0 bridgehead atoms. The molecule has 1 heterocycles. The Morgan fingerprint density at radius 2 is 1.80 bits per heavy atom. The van der Waals surface area contributed by atoms with Crippen LogP contribution >= 0.6 is 0 Å². The minimum atomic E-state index is -0.476.